The summed E-state index contributed by atoms with van der Waals surface area (Å²) < 4.78 is 19.3. The zero-order chi connectivity index (χ0) is 31.8. The highest BCUT2D eigenvalue weighted by molar-refractivity contribution is 6.30. The smallest absolute Gasteiger partial charge is 0.198 e. The van der Waals surface area contributed by atoms with E-state index in [-0.39, 0.29) is 40.2 Å². The largest absolute Gasteiger partial charge is 0.507 e. The molecule has 1 spiro atoms. The van der Waals surface area contributed by atoms with Gasteiger partial charge in [-0.25, -0.2) is 0 Å². The molecule has 0 saturated carbocycles. The summed E-state index contributed by atoms with van der Waals surface area (Å²) in [6, 6.07) is 5.76. The van der Waals surface area contributed by atoms with E-state index in [1.165, 1.54) is 38.1 Å². The minimum Gasteiger partial charge on any atom is -0.507 e. The van der Waals surface area contributed by atoms with Crippen LogP contribution in [-0.4, -0.2) is 85.6 Å². The van der Waals surface area contributed by atoms with Gasteiger partial charge in [0.25, 0.3) is 0 Å². The van der Waals surface area contributed by atoms with Crippen molar-refractivity contribution in [2.24, 2.45) is 4.99 Å². The zero-order valence-corrected chi connectivity index (χ0v) is 24.8. The van der Waals surface area contributed by atoms with Crippen LogP contribution in [0.4, 0.5) is 0 Å². The molecule has 4 aliphatic heterocycles. The second-order valence-corrected chi connectivity index (χ2v) is 13.1. The fourth-order valence-corrected chi connectivity index (χ4v) is 8.28. The second kappa shape index (κ2) is 9.08. The molecule has 2 aliphatic carbocycles. The summed E-state index contributed by atoms with van der Waals surface area (Å²) in [4.78, 5) is 44.4. The van der Waals surface area contributed by atoms with E-state index in [1.807, 2.05) is 13.0 Å². The minimum absolute atomic E-state index is 0.00452. The third-order valence-corrected chi connectivity index (χ3v) is 10.5. The molecule has 2 saturated heterocycles. The number of nitrogens with zero attached hydrogens (tertiary/aromatic N) is 1. The predicted octanol–water partition coefficient (Wildman–Crippen LogP) is 2.05. The maximum Gasteiger partial charge on any atom is 0.198 e. The first-order chi connectivity index (χ1) is 21.3. The number of hydrogen-bond donors (Lipinski definition) is 5. The number of aliphatic hydroxyl groups excluding tert-OH is 1. The van der Waals surface area contributed by atoms with Crippen molar-refractivity contribution in [1.82, 2.24) is 5.32 Å². The molecule has 2 bridgehead atoms. The maximum atomic E-state index is 13.8. The average molecular weight is 617 g/mol. The van der Waals surface area contributed by atoms with Crippen LogP contribution in [0.5, 0.6) is 11.5 Å². The molecule has 2 aromatic carbocycles. The second-order valence-electron chi connectivity index (χ2n) is 13.1. The molecule has 1 unspecified atom stereocenters. The van der Waals surface area contributed by atoms with Gasteiger partial charge in [-0.3, -0.25) is 19.4 Å². The SMILES string of the molecule is CC(=O)[C@]1(O)[C@H](O)C[C@H](O[C@@H]2c3cc4c(c(O)c3C3C[C@@]2(C)O[C@@]32C=C3CCN=C3N2)C(=O)c2cccc(O)c2C4=O)O[C@H]1C. The van der Waals surface area contributed by atoms with Crippen LogP contribution >= 0.6 is 0 Å². The number of aliphatic hydroxyl groups is 2. The predicted molar refractivity (Wildman–Crippen MR) is 155 cm³/mol. The molecule has 234 valence electrons. The van der Waals surface area contributed by atoms with E-state index in [4.69, 9.17) is 14.2 Å². The Morgan fingerprint density at radius 3 is 2.62 bits per heavy atom. The summed E-state index contributed by atoms with van der Waals surface area (Å²) in [6.45, 7) is 5.13. The maximum absolute atomic E-state index is 13.8. The molecule has 45 heavy (non-hydrogen) atoms. The van der Waals surface area contributed by atoms with Crippen LogP contribution < -0.4 is 5.32 Å². The van der Waals surface area contributed by atoms with E-state index >= 15 is 0 Å². The van der Waals surface area contributed by atoms with Crippen molar-refractivity contribution < 1.29 is 49.0 Å². The summed E-state index contributed by atoms with van der Waals surface area (Å²) in [5.41, 5.74) is -2.98. The number of carbonyl (C=O) groups excluding carboxylic acids is 3. The third-order valence-electron chi connectivity index (χ3n) is 10.5. The van der Waals surface area contributed by atoms with E-state index in [1.54, 1.807) is 0 Å². The van der Waals surface area contributed by atoms with E-state index in [2.05, 4.69) is 10.3 Å². The Labute approximate surface area is 257 Å². The monoisotopic (exact) mass is 616 g/mol. The highest BCUT2D eigenvalue weighted by Crippen LogP contribution is 2.63. The quantitative estimate of drug-likeness (QED) is 0.290. The number of aliphatic imine (C=N–C) groups is 1. The molecule has 8 atom stereocenters. The summed E-state index contributed by atoms with van der Waals surface area (Å²) in [7, 11) is 0. The molecule has 0 radical (unpaired) electrons. The van der Waals surface area contributed by atoms with Gasteiger partial charge in [0.1, 0.15) is 23.4 Å². The molecule has 2 aromatic rings. The number of ether oxygens (including phenoxy) is 3. The molecule has 5 N–H and O–H groups in total. The van der Waals surface area contributed by atoms with Gasteiger partial charge in [-0.1, -0.05) is 12.1 Å². The standard InChI is InChI=1S/C33H32N2O10/c1-13(36)33(42)14(2)43-22(10-21(33)38)44-29-18-9-17-25(26(39)16-5-4-6-20(37)24(16)27(17)40)28(41)23(18)19-12-31(29,3)45-32(19)11-15-7-8-34-30(15)35-32/h4-6,9,11,14,19,21-22,29,37-38,41-42H,7-8,10,12H2,1-3H3,(H,34,35)/t14-,19?,21+,22-,29+,31+,32-,33+/m0/s1. The Kier molecular flexibility index (Phi) is 5.75. The minimum atomic E-state index is -2.12. The molecule has 12 heteroatoms. The van der Waals surface area contributed by atoms with Gasteiger partial charge in [-0.05, 0) is 63.0 Å². The van der Waals surface area contributed by atoms with Crippen molar-refractivity contribution >= 4 is 23.2 Å². The Morgan fingerprint density at radius 1 is 1.16 bits per heavy atom. The fraction of sp³-hybridized carbons (Fsp3) is 0.455. The lowest BCUT2D eigenvalue weighted by molar-refractivity contribution is -0.301. The first-order valence-corrected chi connectivity index (χ1v) is 15.1. The van der Waals surface area contributed by atoms with Gasteiger partial charge < -0.3 is 40.0 Å². The number of nitrogens with one attached hydrogen (secondary N) is 1. The van der Waals surface area contributed by atoms with Crippen molar-refractivity contribution in [2.75, 3.05) is 6.54 Å². The van der Waals surface area contributed by atoms with Crippen molar-refractivity contribution in [3.63, 3.8) is 0 Å². The number of benzene rings is 2. The zero-order valence-electron chi connectivity index (χ0n) is 24.8. The van der Waals surface area contributed by atoms with Gasteiger partial charge in [0.2, 0.25) is 0 Å². The van der Waals surface area contributed by atoms with Gasteiger partial charge in [0.15, 0.2) is 35.0 Å². The van der Waals surface area contributed by atoms with Gasteiger partial charge in [0.05, 0.1) is 28.9 Å². The number of fused-ring (bicyclic) bond motifs is 8. The highest BCUT2D eigenvalue weighted by Gasteiger charge is 2.65. The van der Waals surface area contributed by atoms with E-state index in [0.717, 1.165) is 12.0 Å². The average Bonchev–Trinajstić information content (AvgIpc) is 3.62. The summed E-state index contributed by atoms with van der Waals surface area (Å²) in [5.74, 6) is -2.39. The van der Waals surface area contributed by atoms with Crippen LogP contribution in [0.3, 0.4) is 0 Å². The summed E-state index contributed by atoms with van der Waals surface area (Å²) in [6.07, 6.45) is -1.93. The normalized spacial score (nSPS) is 37.4. The lowest BCUT2D eigenvalue weighted by atomic mass is 9.69. The molecule has 2 fully saturated rings. The third kappa shape index (κ3) is 3.59. The van der Waals surface area contributed by atoms with Gasteiger partial charge >= 0.3 is 0 Å². The highest BCUT2D eigenvalue weighted by atomic mass is 16.7. The first-order valence-electron chi connectivity index (χ1n) is 15.1. The molecular formula is C33H32N2O10. The van der Waals surface area contributed by atoms with Crippen molar-refractivity contribution in [3.8, 4) is 11.5 Å². The molecule has 12 nitrogen and oxygen atoms in total. The molecule has 6 aliphatic rings. The van der Waals surface area contributed by atoms with Crippen LogP contribution in [-0.2, 0) is 19.0 Å². The topological polar surface area (TPSA) is 184 Å². The van der Waals surface area contributed by atoms with Crippen LogP contribution in [0.1, 0.15) is 95.0 Å². The van der Waals surface area contributed by atoms with Crippen LogP contribution in [0.15, 0.2) is 40.9 Å². The van der Waals surface area contributed by atoms with Gasteiger partial charge in [-0.2, -0.15) is 0 Å². The Bertz CT molecular complexity index is 1800. The Morgan fingerprint density at radius 2 is 1.91 bits per heavy atom. The van der Waals surface area contributed by atoms with Gasteiger partial charge in [0, 0.05) is 35.6 Å². The number of hydrogen-bond acceptors (Lipinski definition) is 12. The number of phenolic OH excluding ortho intramolecular Hbond substituents is 2. The van der Waals surface area contributed by atoms with E-state index in [0.29, 0.717) is 29.9 Å². The lowest BCUT2D eigenvalue weighted by Gasteiger charge is -2.46. The number of carbonyl (C=O) groups is 3. The molecule has 0 aromatic heterocycles. The van der Waals surface area contributed by atoms with Crippen LogP contribution in [0.25, 0.3) is 0 Å². The molecule has 4 heterocycles. The number of phenols is 2. The van der Waals surface area contributed by atoms with Gasteiger partial charge in [-0.15, -0.1) is 0 Å². The van der Waals surface area contributed by atoms with E-state index < -0.39 is 64.8 Å². The number of amidine groups is 1. The number of Topliss-reactive ketones (excluding diaryl/α,β-unsaturated/α-hetero) is 1. The number of ketones is 3. The summed E-state index contributed by atoms with van der Waals surface area (Å²) >= 11 is 0. The van der Waals surface area contributed by atoms with Crippen molar-refractivity contribution in [3.05, 3.63) is 69.3 Å². The molecule has 0 amide bonds. The Balaban J connectivity index is 1.29. The fourth-order valence-electron chi connectivity index (χ4n) is 8.28. The Hall–Kier alpha value is -3.94. The van der Waals surface area contributed by atoms with Crippen molar-refractivity contribution in [1.29, 1.82) is 0 Å². The first kappa shape index (κ1) is 28.5. The lowest BCUT2D eigenvalue weighted by Crippen LogP contribution is -2.62. The number of aromatic hydroxyl groups is 2. The van der Waals surface area contributed by atoms with Crippen molar-refractivity contribution in [2.45, 2.75) is 87.5 Å². The van der Waals surface area contributed by atoms with E-state index in [9.17, 15) is 34.8 Å². The molecule has 8 rings (SSSR count). The van der Waals surface area contributed by atoms with Crippen LogP contribution in [0, 0.1) is 0 Å². The molecular weight excluding hydrogens is 584 g/mol. The number of rotatable bonds is 3. The van der Waals surface area contributed by atoms with Crippen LogP contribution in [0.2, 0.25) is 0 Å². The summed E-state index contributed by atoms with van der Waals surface area (Å²) in [5, 5.41) is 47.7.